The molecule has 0 radical (unpaired) electrons. The number of nitrogens with zero attached hydrogens (tertiary/aromatic N) is 2. The van der Waals surface area contributed by atoms with Crippen LogP contribution < -0.4 is 16.2 Å². The Morgan fingerprint density at radius 3 is 2.44 bits per heavy atom. The number of carbonyl (C=O) groups is 1. The number of rotatable bonds is 6. The fraction of sp³-hybridized carbons (Fsp3) is 0.0385. The maximum absolute atomic E-state index is 10.9. The minimum absolute atomic E-state index is 0.0763. The van der Waals surface area contributed by atoms with E-state index in [-0.39, 0.29) is 6.61 Å². The number of hydrogen-bond donors (Lipinski definition) is 3. The minimum Gasteiger partial charge on any atom is -0.457 e. The lowest BCUT2D eigenvalue weighted by atomic mass is 10.00. The molecule has 0 aliphatic carbocycles. The highest BCUT2D eigenvalue weighted by atomic mass is 16.5. The van der Waals surface area contributed by atoms with Gasteiger partial charge in [-0.3, -0.25) is 10.1 Å². The zero-order valence-corrected chi connectivity index (χ0v) is 18.1. The van der Waals surface area contributed by atoms with Crippen molar-refractivity contribution in [2.75, 3.05) is 5.73 Å². The molecule has 5 N–H and O–H groups in total. The summed E-state index contributed by atoms with van der Waals surface area (Å²) in [6.45, 7) is 0.0763. The second-order valence-electron chi connectivity index (χ2n) is 7.63. The van der Waals surface area contributed by atoms with Crippen LogP contribution in [0.2, 0.25) is 0 Å². The number of primary amides is 1. The van der Waals surface area contributed by atoms with Crippen molar-refractivity contribution < 1.29 is 14.3 Å². The van der Waals surface area contributed by atoms with E-state index in [1.807, 2.05) is 78.9 Å². The van der Waals surface area contributed by atoms with E-state index in [1.165, 1.54) is 0 Å². The van der Waals surface area contributed by atoms with Crippen LogP contribution in [0.3, 0.4) is 0 Å². The van der Waals surface area contributed by atoms with Crippen molar-refractivity contribution in [3.63, 3.8) is 0 Å². The molecule has 0 atom stereocenters. The van der Waals surface area contributed by atoms with Crippen molar-refractivity contribution in [1.82, 2.24) is 15.2 Å². The SMILES string of the molecule is NC(=O)OCc1cccc(-c2ncc(-c3ccc(Oc4ccccc4)cc3)c3c(N)n[nH]c23)c1. The van der Waals surface area contributed by atoms with Crippen molar-refractivity contribution in [3.8, 4) is 33.9 Å². The molecule has 0 saturated carbocycles. The van der Waals surface area contributed by atoms with Crippen LogP contribution in [0.4, 0.5) is 10.6 Å². The molecule has 2 aromatic heterocycles. The number of benzene rings is 3. The van der Waals surface area contributed by atoms with Crippen LogP contribution in [0.5, 0.6) is 11.5 Å². The highest BCUT2D eigenvalue weighted by Gasteiger charge is 2.16. The molecule has 2 heterocycles. The van der Waals surface area contributed by atoms with Crippen molar-refractivity contribution in [2.45, 2.75) is 6.61 Å². The molecule has 168 valence electrons. The molecular formula is C26H21N5O3. The summed E-state index contributed by atoms with van der Waals surface area (Å²) >= 11 is 0. The van der Waals surface area contributed by atoms with Crippen LogP contribution in [0, 0.1) is 0 Å². The zero-order valence-electron chi connectivity index (χ0n) is 18.1. The van der Waals surface area contributed by atoms with Gasteiger partial charge in [-0.2, -0.15) is 5.10 Å². The second kappa shape index (κ2) is 8.95. The van der Waals surface area contributed by atoms with E-state index in [4.69, 9.17) is 25.9 Å². The molecule has 3 aromatic carbocycles. The number of H-pyrrole nitrogens is 1. The quantitative estimate of drug-likeness (QED) is 0.323. The number of aromatic amines is 1. The maximum Gasteiger partial charge on any atom is 0.404 e. The van der Waals surface area contributed by atoms with Crippen molar-refractivity contribution in [2.24, 2.45) is 5.73 Å². The number of pyridine rings is 1. The standard InChI is InChI=1S/C26H21N5O3/c27-25-22-21(17-9-11-20(12-10-17)34-19-7-2-1-3-8-19)14-29-23(24(22)30-31-25)18-6-4-5-16(13-18)15-33-26(28)32/h1-14H,15H2,(H2,28,32)(H3,27,30,31). The number of para-hydroxylation sites is 1. The fourth-order valence-corrected chi connectivity index (χ4v) is 3.79. The molecule has 0 bridgehead atoms. The van der Waals surface area contributed by atoms with Gasteiger partial charge in [0.1, 0.15) is 18.1 Å². The van der Waals surface area contributed by atoms with E-state index in [2.05, 4.69) is 10.2 Å². The topological polar surface area (TPSA) is 129 Å². The van der Waals surface area contributed by atoms with Crippen LogP contribution in [-0.2, 0) is 11.3 Å². The average Bonchev–Trinajstić information content (AvgIpc) is 3.25. The predicted molar refractivity (Wildman–Crippen MR) is 130 cm³/mol. The lowest BCUT2D eigenvalue weighted by Gasteiger charge is -2.10. The summed E-state index contributed by atoms with van der Waals surface area (Å²) < 4.78 is 10.8. The minimum atomic E-state index is -0.822. The Hall–Kier alpha value is -4.85. The van der Waals surface area contributed by atoms with E-state index in [0.29, 0.717) is 17.0 Å². The Morgan fingerprint density at radius 1 is 0.912 bits per heavy atom. The number of nitrogen functional groups attached to an aromatic ring is 1. The van der Waals surface area contributed by atoms with Gasteiger partial charge in [0.25, 0.3) is 0 Å². The second-order valence-corrected chi connectivity index (χ2v) is 7.63. The molecule has 0 spiro atoms. The van der Waals surface area contributed by atoms with Gasteiger partial charge >= 0.3 is 6.09 Å². The molecule has 5 aromatic rings. The number of fused-ring (bicyclic) bond motifs is 1. The van der Waals surface area contributed by atoms with Gasteiger partial charge < -0.3 is 20.9 Å². The molecule has 1 amide bonds. The smallest absolute Gasteiger partial charge is 0.404 e. The zero-order chi connectivity index (χ0) is 23.5. The summed E-state index contributed by atoms with van der Waals surface area (Å²) in [6, 6.07) is 24.8. The third-order valence-corrected chi connectivity index (χ3v) is 5.35. The first-order chi connectivity index (χ1) is 16.6. The molecule has 8 heteroatoms. The molecule has 0 aliphatic heterocycles. The summed E-state index contributed by atoms with van der Waals surface area (Å²) in [4.78, 5) is 15.6. The number of hydrogen-bond acceptors (Lipinski definition) is 6. The van der Waals surface area contributed by atoms with Gasteiger partial charge in [-0.25, -0.2) is 4.79 Å². The summed E-state index contributed by atoms with van der Waals surface area (Å²) in [5.74, 6) is 1.88. The van der Waals surface area contributed by atoms with Crippen molar-refractivity contribution in [3.05, 3.63) is 90.6 Å². The Bertz CT molecular complexity index is 1460. The Kier molecular flexibility index (Phi) is 5.53. The average molecular weight is 451 g/mol. The number of aromatic nitrogens is 3. The Morgan fingerprint density at radius 2 is 1.68 bits per heavy atom. The third kappa shape index (κ3) is 4.24. The number of nitrogens with one attached hydrogen (secondary N) is 1. The summed E-state index contributed by atoms with van der Waals surface area (Å²) in [5, 5.41) is 8.02. The highest BCUT2D eigenvalue weighted by Crippen LogP contribution is 2.36. The molecule has 0 fully saturated rings. The lowest BCUT2D eigenvalue weighted by molar-refractivity contribution is 0.150. The van der Waals surface area contributed by atoms with E-state index in [0.717, 1.165) is 39.1 Å². The molecule has 0 unspecified atom stereocenters. The van der Waals surface area contributed by atoms with Crippen molar-refractivity contribution in [1.29, 1.82) is 0 Å². The third-order valence-electron chi connectivity index (χ3n) is 5.35. The molecular weight excluding hydrogens is 430 g/mol. The van der Waals surface area contributed by atoms with Crippen LogP contribution in [-0.4, -0.2) is 21.3 Å². The van der Waals surface area contributed by atoms with Gasteiger partial charge in [-0.15, -0.1) is 0 Å². The van der Waals surface area contributed by atoms with Gasteiger partial charge in [-0.05, 0) is 41.5 Å². The number of anilines is 1. The van der Waals surface area contributed by atoms with Gasteiger partial charge in [0, 0.05) is 17.3 Å². The highest BCUT2D eigenvalue weighted by molar-refractivity contribution is 6.06. The summed E-state index contributed by atoms with van der Waals surface area (Å²) in [5.41, 5.74) is 16.1. The van der Waals surface area contributed by atoms with Crippen LogP contribution in [0.25, 0.3) is 33.3 Å². The van der Waals surface area contributed by atoms with E-state index >= 15 is 0 Å². The normalized spacial score (nSPS) is 10.8. The van der Waals surface area contributed by atoms with Crippen LogP contribution >= 0.6 is 0 Å². The fourth-order valence-electron chi connectivity index (χ4n) is 3.79. The Labute approximate surface area is 195 Å². The first-order valence-corrected chi connectivity index (χ1v) is 10.6. The molecule has 0 aliphatic rings. The van der Waals surface area contributed by atoms with Crippen LogP contribution in [0.15, 0.2) is 85.1 Å². The van der Waals surface area contributed by atoms with Gasteiger partial charge in [-0.1, -0.05) is 48.5 Å². The van der Waals surface area contributed by atoms with Gasteiger partial charge in [0.05, 0.1) is 16.6 Å². The van der Waals surface area contributed by atoms with E-state index in [1.54, 1.807) is 6.20 Å². The number of ether oxygens (including phenoxy) is 2. The van der Waals surface area contributed by atoms with Crippen molar-refractivity contribution >= 4 is 22.8 Å². The maximum atomic E-state index is 10.9. The summed E-state index contributed by atoms with van der Waals surface area (Å²) in [6.07, 6.45) is 0.959. The molecule has 5 rings (SSSR count). The Balaban J connectivity index is 1.49. The monoisotopic (exact) mass is 451 g/mol. The van der Waals surface area contributed by atoms with E-state index in [9.17, 15) is 4.79 Å². The molecule has 0 saturated heterocycles. The van der Waals surface area contributed by atoms with Crippen LogP contribution in [0.1, 0.15) is 5.56 Å². The molecule has 8 nitrogen and oxygen atoms in total. The number of amides is 1. The number of nitrogens with two attached hydrogens (primary N) is 2. The van der Waals surface area contributed by atoms with Gasteiger partial charge in [0.15, 0.2) is 5.82 Å². The van der Waals surface area contributed by atoms with E-state index < -0.39 is 6.09 Å². The predicted octanol–water partition coefficient (Wildman–Crippen LogP) is 5.26. The van der Waals surface area contributed by atoms with Gasteiger partial charge in [0.2, 0.25) is 0 Å². The first kappa shape index (κ1) is 21.0. The summed E-state index contributed by atoms with van der Waals surface area (Å²) in [7, 11) is 0. The lowest BCUT2D eigenvalue weighted by Crippen LogP contribution is -2.12. The molecule has 34 heavy (non-hydrogen) atoms. The first-order valence-electron chi connectivity index (χ1n) is 10.6. The number of carbonyl (C=O) groups excluding carboxylic acids is 1. The largest absolute Gasteiger partial charge is 0.457 e.